The fraction of sp³-hybridized carbons (Fsp3) is 0.646. The summed E-state index contributed by atoms with van der Waals surface area (Å²) in [6, 6.07) is 0. The third kappa shape index (κ3) is 72.6. The molecule has 0 aromatic carbocycles. The lowest BCUT2D eigenvalue weighted by Gasteiger charge is -2.19. The molecular formula is C79H132NO8P. The molecule has 0 fully saturated rings. The van der Waals surface area contributed by atoms with Crippen molar-refractivity contribution in [2.24, 2.45) is 5.73 Å². The highest BCUT2D eigenvalue weighted by Gasteiger charge is 2.26. The molecule has 506 valence electrons. The van der Waals surface area contributed by atoms with E-state index in [-0.39, 0.29) is 38.6 Å². The van der Waals surface area contributed by atoms with Crippen LogP contribution in [0, 0.1) is 0 Å². The maximum absolute atomic E-state index is 12.8. The summed E-state index contributed by atoms with van der Waals surface area (Å²) >= 11 is 0. The normalized spacial score (nSPS) is 13.9. The lowest BCUT2D eigenvalue weighted by molar-refractivity contribution is -0.161. The smallest absolute Gasteiger partial charge is 0.462 e. The predicted molar refractivity (Wildman–Crippen MR) is 385 cm³/mol. The van der Waals surface area contributed by atoms with Gasteiger partial charge in [-0.25, -0.2) is 4.57 Å². The molecule has 0 aromatic rings. The molecule has 10 heteroatoms. The summed E-state index contributed by atoms with van der Waals surface area (Å²) < 4.78 is 33.2. The largest absolute Gasteiger partial charge is 0.472 e. The molecule has 2 unspecified atom stereocenters. The molecule has 0 aromatic heterocycles. The van der Waals surface area contributed by atoms with E-state index in [1.807, 2.05) is 0 Å². The Labute approximate surface area is 547 Å². The van der Waals surface area contributed by atoms with Crippen molar-refractivity contribution < 1.29 is 37.6 Å². The van der Waals surface area contributed by atoms with E-state index in [0.717, 1.165) is 135 Å². The molecule has 0 amide bonds. The molecule has 9 nitrogen and oxygen atoms in total. The molecule has 0 aliphatic heterocycles. The van der Waals surface area contributed by atoms with Crippen LogP contribution in [-0.2, 0) is 32.7 Å². The van der Waals surface area contributed by atoms with Crippen LogP contribution in [0.3, 0.4) is 0 Å². The minimum atomic E-state index is -4.41. The topological polar surface area (TPSA) is 134 Å². The van der Waals surface area contributed by atoms with Crippen molar-refractivity contribution in [1.82, 2.24) is 0 Å². The van der Waals surface area contributed by atoms with E-state index >= 15 is 0 Å². The van der Waals surface area contributed by atoms with Crippen LogP contribution in [0.5, 0.6) is 0 Å². The third-order valence-corrected chi connectivity index (χ3v) is 15.9. The molecule has 0 heterocycles. The number of hydrogen-bond donors (Lipinski definition) is 2. The van der Waals surface area contributed by atoms with Gasteiger partial charge in [0.15, 0.2) is 6.10 Å². The highest BCUT2D eigenvalue weighted by Crippen LogP contribution is 2.43. The summed E-state index contributed by atoms with van der Waals surface area (Å²) in [5.41, 5.74) is 5.40. The zero-order valence-electron chi connectivity index (χ0n) is 56.9. The van der Waals surface area contributed by atoms with Crippen molar-refractivity contribution >= 4 is 19.8 Å². The molecular weight excluding hydrogens is 1120 g/mol. The third-order valence-electron chi connectivity index (χ3n) is 14.9. The maximum atomic E-state index is 12.8. The van der Waals surface area contributed by atoms with Gasteiger partial charge in [-0.2, -0.15) is 0 Å². The van der Waals surface area contributed by atoms with E-state index in [1.54, 1.807) is 0 Å². The van der Waals surface area contributed by atoms with Crippen LogP contribution in [0.4, 0.5) is 0 Å². The van der Waals surface area contributed by atoms with Gasteiger partial charge < -0.3 is 20.1 Å². The van der Waals surface area contributed by atoms with Crippen LogP contribution in [0.15, 0.2) is 158 Å². The lowest BCUT2D eigenvalue weighted by atomic mass is 10.0. The van der Waals surface area contributed by atoms with Crippen LogP contribution in [0.25, 0.3) is 0 Å². The van der Waals surface area contributed by atoms with E-state index in [0.29, 0.717) is 6.42 Å². The van der Waals surface area contributed by atoms with Crippen molar-refractivity contribution in [1.29, 1.82) is 0 Å². The first kappa shape index (κ1) is 84.6. The van der Waals surface area contributed by atoms with Crippen LogP contribution in [0.1, 0.15) is 296 Å². The van der Waals surface area contributed by atoms with Gasteiger partial charge in [0.05, 0.1) is 13.2 Å². The monoisotopic (exact) mass is 1250 g/mol. The number of unbranched alkanes of at least 4 members (excludes halogenated alkanes) is 27. The summed E-state index contributed by atoms with van der Waals surface area (Å²) in [5, 5.41) is 0. The minimum Gasteiger partial charge on any atom is -0.462 e. The van der Waals surface area contributed by atoms with Crippen LogP contribution >= 0.6 is 7.82 Å². The second-order valence-corrected chi connectivity index (χ2v) is 24.8. The van der Waals surface area contributed by atoms with Crippen LogP contribution in [0.2, 0.25) is 0 Å². The first-order chi connectivity index (χ1) is 43.8. The standard InChI is InChI=1S/C79H132NO8P/c1-3-5-7-9-11-13-15-17-19-21-23-25-27-29-31-33-35-36-37-38-39-40-42-44-46-48-50-52-54-56-58-60-62-64-66-68-70-72-79(82)88-77(76-87-89(83,84)86-74-73-80)75-85-78(81)71-69-67-65-63-61-59-57-55-53-51-49-47-45-43-41-34-32-30-28-26-24-22-20-18-16-14-12-10-8-6-4-2/h5,7,11,13,16-19,22-25,28-31,35-36,38-39,42,44,48,50,54,56,77H,3-4,6,8-10,12,14-15,20-21,26-27,32-34,37,40-41,43,45-47,49,51-53,55,57-76,80H2,1-2H3,(H,83,84)/b7-5-,13-11-,18-16-,19-17-,24-22-,25-23-,30-28-,31-29-,36-35-,39-38-,44-42-,50-48-,56-54-. The predicted octanol–water partition coefficient (Wildman–Crippen LogP) is 24.0. The van der Waals surface area contributed by atoms with Crippen LogP contribution < -0.4 is 5.73 Å². The van der Waals surface area contributed by atoms with Gasteiger partial charge in [-0.3, -0.25) is 18.6 Å². The second-order valence-electron chi connectivity index (χ2n) is 23.4. The number of carbonyl (C=O) groups excluding carboxylic acids is 2. The fourth-order valence-electron chi connectivity index (χ4n) is 9.61. The van der Waals surface area contributed by atoms with E-state index in [1.165, 1.54) is 128 Å². The quantitative estimate of drug-likeness (QED) is 0.0264. The summed E-state index contributed by atoms with van der Waals surface area (Å²) in [7, 11) is -4.41. The number of ether oxygens (including phenoxy) is 2. The summed E-state index contributed by atoms with van der Waals surface area (Å²) in [5.74, 6) is -0.848. The second kappa shape index (κ2) is 72.7. The minimum absolute atomic E-state index is 0.0436. The van der Waals surface area contributed by atoms with Crippen molar-refractivity contribution in [3.8, 4) is 0 Å². The molecule has 89 heavy (non-hydrogen) atoms. The highest BCUT2D eigenvalue weighted by molar-refractivity contribution is 7.47. The highest BCUT2D eigenvalue weighted by atomic mass is 31.2. The molecule has 3 N–H and O–H groups in total. The van der Waals surface area contributed by atoms with E-state index < -0.39 is 26.5 Å². The Hall–Kier alpha value is -4.37. The molecule has 0 radical (unpaired) electrons. The van der Waals surface area contributed by atoms with Crippen LogP contribution in [-0.4, -0.2) is 49.3 Å². The Morgan fingerprint density at radius 1 is 0.348 bits per heavy atom. The van der Waals surface area contributed by atoms with Crippen molar-refractivity contribution in [3.05, 3.63) is 158 Å². The van der Waals surface area contributed by atoms with Gasteiger partial charge in [-0.1, -0.05) is 313 Å². The molecule has 0 rings (SSSR count). The molecule has 0 spiro atoms. The summed E-state index contributed by atoms with van der Waals surface area (Å²) in [6.07, 6.45) is 106. The van der Waals surface area contributed by atoms with Gasteiger partial charge in [0.25, 0.3) is 0 Å². The van der Waals surface area contributed by atoms with Crippen molar-refractivity contribution in [2.75, 3.05) is 26.4 Å². The molecule has 2 atom stereocenters. The van der Waals surface area contributed by atoms with Gasteiger partial charge in [0.1, 0.15) is 6.61 Å². The van der Waals surface area contributed by atoms with E-state index in [2.05, 4.69) is 172 Å². The Bertz CT molecular complexity index is 2020. The van der Waals surface area contributed by atoms with Gasteiger partial charge in [-0.15, -0.1) is 0 Å². The van der Waals surface area contributed by atoms with Gasteiger partial charge in [-0.05, 0) is 128 Å². The number of hydrogen-bond acceptors (Lipinski definition) is 8. The zero-order chi connectivity index (χ0) is 64.4. The Morgan fingerprint density at radius 2 is 0.618 bits per heavy atom. The number of esters is 2. The van der Waals surface area contributed by atoms with Gasteiger partial charge in [0.2, 0.25) is 0 Å². The molecule has 0 saturated heterocycles. The van der Waals surface area contributed by atoms with Gasteiger partial charge >= 0.3 is 19.8 Å². The summed E-state index contributed by atoms with van der Waals surface area (Å²) in [6.45, 7) is 3.61. The van der Waals surface area contributed by atoms with Crippen molar-refractivity contribution in [2.45, 2.75) is 302 Å². The maximum Gasteiger partial charge on any atom is 0.472 e. The average Bonchev–Trinajstić information content (AvgIpc) is 3.68. The Balaban J connectivity index is 3.97. The Kier molecular flexibility index (Phi) is 69.1. The fourth-order valence-corrected chi connectivity index (χ4v) is 10.4. The zero-order valence-corrected chi connectivity index (χ0v) is 57.8. The SMILES string of the molecule is CC/C=C\C/C=C\C/C=C\C/C=C\C/C=C\C/C=C\C/C=C\C/C=C\C/C=C\C/C=C\CCCCCCCCC(=O)OC(COC(=O)CCCCCCCCCCCCCCCCCC/C=C\C/C=C\C/C=C\CCCCCCC)COP(=O)(O)OCCN. The first-order valence-corrected chi connectivity index (χ1v) is 37.5. The Morgan fingerprint density at radius 3 is 0.921 bits per heavy atom. The summed E-state index contributed by atoms with van der Waals surface area (Å²) in [4.78, 5) is 35.4. The lowest BCUT2D eigenvalue weighted by Crippen LogP contribution is -2.29. The number of carbonyl (C=O) groups is 2. The molecule has 0 aliphatic rings. The van der Waals surface area contributed by atoms with Crippen molar-refractivity contribution in [3.63, 3.8) is 0 Å². The molecule has 0 saturated carbocycles. The van der Waals surface area contributed by atoms with Gasteiger partial charge in [0, 0.05) is 19.4 Å². The number of rotatable bonds is 66. The van der Waals surface area contributed by atoms with E-state index in [4.69, 9.17) is 24.3 Å². The number of nitrogens with two attached hydrogens (primary N) is 1. The number of phosphoric ester groups is 1. The number of phosphoric acid groups is 1. The number of allylic oxidation sites excluding steroid dienone is 26. The molecule has 0 bridgehead atoms. The average molecular weight is 1250 g/mol. The molecule has 0 aliphatic carbocycles. The van der Waals surface area contributed by atoms with E-state index in [9.17, 15) is 19.0 Å². The first-order valence-electron chi connectivity index (χ1n) is 36.0.